The Morgan fingerprint density at radius 3 is 2.82 bits per heavy atom. The summed E-state index contributed by atoms with van der Waals surface area (Å²) >= 11 is 0. The molecule has 1 aliphatic carbocycles. The molecule has 0 radical (unpaired) electrons. The fraction of sp³-hybridized carbons (Fsp3) is 0.778. The van der Waals surface area contributed by atoms with Gasteiger partial charge in [-0.3, -0.25) is 0 Å². The van der Waals surface area contributed by atoms with E-state index in [2.05, 4.69) is 6.58 Å². The quantitative estimate of drug-likeness (QED) is 0.627. The van der Waals surface area contributed by atoms with Gasteiger partial charge in [-0.05, 0) is 26.2 Å². The lowest BCUT2D eigenvalue weighted by Crippen LogP contribution is -2.23. The average molecular weight is 156 g/mol. The Balaban J connectivity index is 2.20. The van der Waals surface area contributed by atoms with Crippen molar-refractivity contribution in [2.45, 2.75) is 38.4 Å². The second kappa shape index (κ2) is 3.88. The molecule has 0 amide bonds. The monoisotopic (exact) mass is 156 g/mol. The minimum Gasteiger partial charge on any atom is -0.390 e. The van der Waals surface area contributed by atoms with Crippen LogP contribution in [0, 0.1) is 0 Å². The number of hydrogen-bond donors (Lipinski definition) is 1. The molecule has 1 saturated carbocycles. The summed E-state index contributed by atoms with van der Waals surface area (Å²) in [6.07, 6.45) is 2.79. The lowest BCUT2D eigenvalue weighted by molar-refractivity contribution is -0.00867. The largest absolute Gasteiger partial charge is 0.390 e. The summed E-state index contributed by atoms with van der Waals surface area (Å²) in [6.45, 7) is 6.25. The van der Waals surface area contributed by atoms with Gasteiger partial charge in [0.05, 0.1) is 18.8 Å². The Kier molecular flexibility index (Phi) is 3.09. The summed E-state index contributed by atoms with van der Waals surface area (Å²) in [5, 5.41) is 9.35. The summed E-state index contributed by atoms with van der Waals surface area (Å²) in [6, 6.07) is 0. The summed E-state index contributed by atoms with van der Waals surface area (Å²) in [4.78, 5) is 0. The summed E-state index contributed by atoms with van der Waals surface area (Å²) in [7, 11) is 0. The number of rotatable bonds is 3. The first-order valence-corrected chi connectivity index (χ1v) is 4.14. The van der Waals surface area contributed by atoms with Gasteiger partial charge in [0.15, 0.2) is 0 Å². The highest BCUT2D eigenvalue weighted by atomic mass is 16.5. The van der Waals surface area contributed by atoms with E-state index in [1.807, 2.05) is 6.92 Å². The second-order valence-corrected chi connectivity index (χ2v) is 3.30. The van der Waals surface area contributed by atoms with Crippen LogP contribution in [0.1, 0.15) is 26.2 Å². The van der Waals surface area contributed by atoms with Crippen molar-refractivity contribution in [2.75, 3.05) is 6.61 Å². The Morgan fingerprint density at radius 1 is 1.64 bits per heavy atom. The van der Waals surface area contributed by atoms with Gasteiger partial charge in [0.2, 0.25) is 0 Å². The van der Waals surface area contributed by atoms with Crippen LogP contribution in [0.2, 0.25) is 0 Å². The lowest BCUT2D eigenvalue weighted by atomic mass is 10.2. The molecule has 2 atom stereocenters. The van der Waals surface area contributed by atoms with Crippen molar-refractivity contribution in [3.63, 3.8) is 0 Å². The van der Waals surface area contributed by atoms with Crippen LogP contribution in [-0.2, 0) is 4.74 Å². The number of aliphatic hydroxyl groups excluding tert-OH is 1. The number of aliphatic hydroxyl groups is 1. The van der Waals surface area contributed by atoms with Crippen molar-refractivity contribution < 1.29 is 9.84 Å². The summed E-state index contributed by atoms with van der Waals surface area (Å²) < 4.78 is 5.43. The van der Waals surface area contributed by atoms with Crippen molar-refractivity contribution >= 4 is 0 Å². The SMILES string of the molecule is C=C(C)CO[C@H]1CCC[C@@H]1O. The summed E-state index contributed by atoms with van der Waals surface area (Å²) in [5.74, 6) is 0. The van der Waals surface area contributed by atoms with E-state index < -0.39 is 0 Å². The third kappa shape index (κ3) is 2.64. The average Bonchev–Trinajstić information content (AvgIpc) is 2.31. The molecule has 1 N–H and O–H groups in total. The first-order valence-electron chi connectivity index (χ1n) is 4.14. The maximum Gasteiger partial charge on any atom is 0.0838 e. The molecular weight excluding hydrogens is 140 g/mol. The van der Waals surface area contributed by atoms with Crippen molar-refractivity contribution in [1.29, 1.82) is 0 Å². The Morgan fingerprint density at radius 2 is 2.36 bits per heavy atom. The van der Waals surface area contributed by atoms with Crippen LogP contribution in [-0.4, -0.2) is 23.9 Å². The van der Waals surface area contributed by atoms with Gasteiger partial charge in [0.25, 0.3) is 0 Å². The predicted molar refractivity (Wildman–Crippen MR) is 44.4 cm³/mol. The first-order chi connectivity index (χ1) is 5.20. The van der Waals surface area contributed by atoms with Gasteiger partial charge in [-0.25, -0.2) is 0 Å². The van der Waals surface area contributed by atoms with Gasteiger partial charge < -0.3 is 9.84 Å². The third-order valence-electron chi connectivity index (χ3n) is 1.96. The fourth-order valence-corrected chi connectivity index (χ4v) is 1.35. The van der Waals surface area contributed by atoms with Gasteiger partial charge in [0.1, 0.15) is 0 Å². The highest BCUT2D eigenvalue weighted by molar-refractivity contribution is 4.89. The maximum absolute atomic E-state index is 9.35. The molecule has 0 aliphatic heterocycles. The summed E-state index contributed by atoms with van der Waals surface area (Å²) in [5.41, 5.74) is 1.02. The molecule has 64 valence electrons. The lowest BCUT2D eigenvalue weighted by Gasteiger charge is -2.14. The van der Waals surface area contributed by atoms with Crippen LogP contribution in [0.3, 0.4) is 0 Å². The normalized spacial score (nSPS) is 30.7. The Hall–Kier alpha value is -0.340. The van der Waals surface area contributed by atoms with Crippen molar-refractivity contribution in [3.05, 3.63) is 12.2 Å². The topological polar surface area (TPSA) is 29.5 Å². The van der Waals surface area contributed by atoms with E-state index >= 15 is 0 Å². The van der Waals surface area contributed by atoms with E-state index in [9.17, 15) is 5.11 Å². The van der Waals surface area contributed by atoms with Crippen LogP contribution in [0.4, 0.5) is 0 Å². The molecule has 0 saturated heterocycles. The van der Waals surface area contributed by atoms with Gasteiger partial charge in [-0.15, -0.1) is 0 Å². The van der Waals surface area contributed by atoms with E-state index in [-0.39, 0.29) is 12.2 Å². The van der Waals surface area contributed by atoms with E-state index in [0.717, 1.165) is 24.8 Å². The smallest absolute Gasteiger partial charge is 0.0838 e. The highest BCUT2D eigenvalue weighted by Crippen LogP contribution is 2.21. The molecule has 0 unspecified atom stereocenters. The molecule has 2 nitrogen and oxygen atoms in total. The van der Waals surface area contributed by atoms with Crippen LogP contribution >= 0.6 is 0 Å². The number of ether oxygens (including phenoxy) is 1. The number of hydrogen-bond acceptors (Lipinski definition) is 2. The first kappa shape index (κ1) is 8.75. The molecule has 0 aromatic heterocycles. The van der Waals surface area contributed by atoms with Crippen LogP contribution in [0.25, 0.3) is 0 Å². The Labute approximate surface area is 67.9 Å². The molecule has 0 bridgehead atoms. The van der Waals surface area contributed by atoms with Crippen molar-refractivity contribution in [3.8, 4) is 0 Å². The van der Waals surface area contributed by atoms with Crippen LogP contribution in [0.5, 0.6) is 0 Å². The van der Waals surface area contributed by atoms with Crippen molar-refractivity contribution in [1.82, 2.24) is 0 Å². The minimum absolute atomic E-state index is 0.0618. The molecule has 11 heavy (non-hydrogen) atoms. The third-order valence-corrected chi connectivity index (χ3v) is 1.96. The van der Waals surface area contributed by atoms with Gasteiger partial charge in [-0.1, -0.05) is 12.2 Å². The van der Waals surface area contributed by atoms with Crippen LogP contribution < -0.4 is 0 Å². The highest BCUT2D eigenvalue weighted by Gasteiger charge is 2.25. The van der Waals surface area contributed by atoms with Gasteiger partial charge in [-0.2, -0.15) is 0 Å². The molecule has 1 fully saturated rings. The second-order valence-electron chi connectivity index (χ2n) is 3.30. The molecule has 0 aromatic carbocycles. The zero-order chi connectivity index (χ0) is 8.27. The van der Waals surface area contributed by atoms with Crippen molar-refractivity contribution in [2.24, 2.45) is 0 Å². The van der Waals surface area contributed by atoms with E-state index in [1.54, 1.807) is 0 Å². The minimum atomic E-state index is -0.241. The molecular formula is C9H16O2. The zero-order valence-electron chi connectivity index (χ0n) is 7.05. The van der Waals surface area contributed by atoms with Crippen LogP contribution in [0.15, 0.2) is 12.2 Å². The van der Waals surface area contributed by atoms with E-state index in [4.69, 9.17) is 4.74 Å². The molecule has 0 aromatic rings. The molecule has 0 spiro atoms. The van der Waals surface area contributed by atoms with Gasteiger partial charge >= 0.3 is 0 Å². The fourth-order valence-electron chi connectivity index (χ4n) is 1.35. The van der Waals surface area contributed by atoms with E-state index in [0.29, 0.717) is 6.61 Å². The van der Waals surface area contributed by atoms with Gasteiger partial charge in [0, 0.05) is 0 Å². The molecule has 2 heteroatoms. The standard InChI is InChI=1S/C9H16O2/c1-7(2)6-11-9-5-3-4-8(9)10/h8-10H,1,3-6H2,2H3/t8-,9-/m0/s1. The maximum atomic E-state index is 9.35. The molecule has 1 rings (SSSR count). The predicted octanol–water partition coefficient (Wildman–Crippen LogP) is 1.49. The molecule has 1 aliphatic rings. The zero-order valence-corrected chi connectivity index (χ0v) is 7.05. The molecule has 0 heterocycles. The Bertz CT molecular complexity index is 142. The van der Waals surface area contributed by atoms with E-state index in [1.165, 1.54) is 0 Å².